The number of para-hydroxylation sites is 1. The van der Waals surface area contributed by atoms with Gasteiger partial charge in [0.2, 0.25) is 5.91 Å². The van der Waals surface area contributed by atoms with Gasteiger partial charge in [-0.15, -0.1) is 0 Å². The number of carboxylic acids is 1. The molecule has 0 aliphatic rings. The van der Waals surface area contributed by atoms with Gasteiger partial charge in [0.05, 0.1) is 17.3 Å². The van der Waals surface area contributed by atoms with E-state index in [-0.39, 0.29) is 17.7 Å². The van der Waals surface area contributed by atoms with E-state index in [4.69, 9.17) is 0 Å². The second kappa shape index (κ2) is 6.49. The highest BCUT2D eigenvalue weighted by atomic mass is 16.6. The molecule has 2 aromatic carbocycles. The molecule has 0 aromatic heterocycles. The first-order chi connectivity index (χ1) is 10.5. The minimum absolute atomic E-state index is 0.00306. The molecule has 0 aliphatic carbocycles. The summed E-state index contributed by atoms with van der Waals surface area (Å²) in [4.78, 5) is 32.9. The fourth-order valence-electron chi connectivity index (χ4n) is 1.91. The standard InChI is InChI=1S/C15H12N2O5/c18-14(9-11-3-1-2-4-13(11)17(21)22)16-12-7-5-10(6-8-12)15(19)20/h1-8H,9H2,(H,16,18)(H,19,20)/p-1. The molecule has 0 bridgehead atoms. The number of carbonyl (C=O) groups excluding carboxylic acids is 2. The van der Waals surface area contributed by atoms with Gasteiger partial charge in [0.1, 0.15) is 0 Å². The number of aromatic carboxylic acids is 1. The van der Waals surface area contributed by atoms with Crippen LogP contribution in [0.1, 0.15) is 15.9 Å². The number of nitro benzene ring substituents is 1. The Hall–Kier alpha value is -3.22. The molecule has 0 aliphatic heterocycles. The lowest BCUT2D eigenvalue weighted by Gasteiger charge is -2.07. The lowest BCUT2D eigenvalue weighted by molar-refractivity contribution is -0.385. The van der Waals surface area contributed by atoms with Crippen LogP contribution in [0.25, 0.3) is 0 Å². The van der Waals surface area contributed by atoms with Crippen LogP contribution in [0.4, 0.5) is 11.4 Å². The lowest BCUT2D eigenvalue weighted by Crippen LogP contribution is -2.22. The van der Waals surface area contributed by atoms with Gasteiger partial charge in [0.15, 0.2) is 0 Å². The van der Waals surface area contributed by atoms with Crippen LogP contribution in [-0.4, -0.2) is 16.8 Å². The van der Waals surface area contributed by atoms with Crippen molar-refractivity contribution < 1.29 is 19.6 Å². The maximum absolute atomic E-state index is 11.9. The van der Waals surface area contributed by atoms with Crippen LogP contribution in [0.5, 0.6) is 0 Å². The molecule has 7 nitrogen and oxygen atoms in total. The molecule has 0 spiro atoms. The molecular weight excluding hydrogens is 288 g/mol. The molecule has 0 saturated heterocycles. The minimum Gasteiger partial charge on any atom is -0.545 e. The van der Waals surface area contributed by atoms with Crippen LogP contribution in [0.3, 0.4) is 0 Å². The van der Waals surface area contributed by atoms with Crippen molar-refractivity contribution in [1.82, 2.24) is 0 Å². The Labute approximate surface area is 125 Å². The Bertz CT molecular complexity index is 725. The van der Waals surface area contributed by atoms with Gasteiger partial charge in [0.25, 0.3) is 5.69 Å². The molecule has 2 aromatic rings. The van der Waals surface area contributed by atoms with E-state index in [1.165, 1.54) is 42.5 Å². The van der Waals surface area contributed by atoms with Gasteiger partial charge >= 0.3 is 0 Å². The van der Waals surface area contributed by atoms with Gasteiger partial charge in [-0.05, 0) is 17.7 Å². The number of nitrogens with one attached hydrogen (secondary N) is 1. The SMILES string of the molecule is O=C(Cc1ccccc1[N+](=O)[O-])Nc1ccc(C(=O)[O-])cc1. The molecule has 0 fully saturated rings. The summed E-state index contributed by atoms with van der Waals surface area (Å²) in [6.07, 6.45) is -0.153. The second-order valence-corrected chi connectivity index (χ2v) is 4.48. The van der Waals surface area contributed by atoms with E-state index in [9.17, 15) is 24.8 Å². The molecule has 0 heterocycles. The van der Waals surface area contributed by atoms with Crippen molar-refractivity contribution in [2.45, 2.75) is 6.42 Å². The summed E-state index contributed by atoms with van der Waals surface area (Å²) in [7, 11) is 0. The van der Waals surface area contributed by atoms with E-state index in [2.05, 4.69) is 5.32 Å². The average molecular weight is 299 g/mol. The molecule has 0 saturated carbocycles. The van der Waals surface area contributed by atoms with E-state index in [1.54, 1.807) is 6.07 Å². The zero-order chi connectivity index (χ0) is 16.1. The van der Waals surface area contributed by atoms with Gasteiger partial charge in [-0.2, -0.15) is 0 Å². The number of rotatable bonds is 5. The average Bonchev–Trinajstić information content (AvgIpc) is 2.48. The van der Waals surface area contributed by atoms with Gasteiger partial charge in [-0.25, -0.2) is 0 Å². The number of hydrogen-bond donors (Lipinski definition) is 1. The van der Waals surface area contributed by atoms with E-state index < -0.39 is 16.8 Å². The Morgan fingerprint density at radius 2 is 1.68 bits per heavy atom. The fraction of sp³-hybridized carbons (Fsp3) is 0.0667. The number of hydrogen-bond acceptors (Lipinski definition) is 5. The van der Waals surface area contributed by atoms with Gasteiger partial charge in [-0.1, -0.05) is 30.3 Å². The third-order valence-corrected chi connectivity index (χ3v) is 2.94. The summed E-state index contributed by atoms with van der Waals surface area (Å²) in [5.41, 5.74) is 0.576. The van der Waals surface area contributed by atoms with Crippen LogP contribution < -0.4 is 10.4 Å². The topological polar surface area (TPSA) is 112 Å². The van der Waals surface area contributed by atoms with E-state index in [0.29, 0.717) is 11.3 Å². The molecule has 0 unspecified atom stereocenters. The minimum atomic E-state index is -1.31. The monoisotopic (exact) mass is 299 g/mol. The first kappa shape index (κ1) is 15.2. The van der Waals surface area contributed by atoms with Crippen molar-refractivity contribution in [3.05, 3.63) is 69.8 Å². The molecule has 0 atom stereocenters. The Morgan fingerprint density at radius 1 is 1.05 bits per heavy atom. The molecule has 1 amide bonds. The zero-order valence-corrected chi connectivity index (χ0v) is 11.3. The third-order valence-electron chi connectivity index (χ3n) is 2.94. The van der Waals surface area contributed by atoms with Crippen molar-refractivity contribution in [3.63, 3.8) is 0 Å². The first-order valence-electron chi connectivity index (χ1n) is 6.31. The smallest absolute Gasteiger partial charge is 0.273 e. The van der Waals surface area contributed by atoms with Crippen molar-refractivity contribution in [2.75, 3.05) is 5.32 Å². The summed E-state index contributed by atoms with van der Waals surface area (Å²) in [5.74, 6) is -1.74. The Kier molecular flexibility index (Phi) is 4.47. The van der Waals surface area contributed by atoms with E-state index >= 15 is 0 Å². The van der Waals surface area contributed by atoms with Gasteiger partial charge in [0, 0.05) is 17.3 Å². The number of anilines is 1. The summed E-state index contributed by atoms with van der Waals surface area (Å²) >= 11 is 0. The number of carbonyl (C=O) groups is 2. The van der Waals surface area contributed by atoms with E-state index in [1.807, 2.05) is 0 Å². The predicted octanol–water partition coefficient (Wildman–Crippen LogP) is 1.14. The molecule has 7 heteroatoms. The summed E-state index contributed by atoms with van der Waals surface area (Å²) < 4.78 is 0. The quantitative estimate of drug-likeness (QED) is 0.657. The van der Waals surface area contributed by atoms with Crippen LogP contribution in [0, 0.1) is 10.1 Å². The first-order valence-corrected chi connectivity index (χ1v) is 6.31. The highest BCUT2D eigenvalue weighted by Crippen LogP contribution is 2.19. The molecule has 2 rings (SSSR count). The number of nitro groups is 1. The highest BCUT2D eigenvalue weighted by molar-refractivity contribution is 5.93. The third kappa shape index (κ3) is 3.66. The fourth-order valence-corrected chi connectivity index (χ4v) is 1.91. The van der Waals surface area contributed by atoms with Crippen LogP contribution in [-0.2, 0) is 11.2 Å². The molecule has 22 heavy (non-hydrogen) atoms. The van der Waals surface area contributed by atoms with Crippen LogP contribution in [0.15, 0.2) is 48.5 Å². The number of carboxylic acid groups (broad SMARTS) is 1. The Morgan fingerprint density at radius 3 is 2.27 bits per heavy atom. The van der Waals surface area contributed by atoms with Crippen LogP contribution in [0.2, 0.25) is 0 Å². The predicted molar refractivity (Wildman–Crippen MR) is 76.2 cm³/mol. The summed E-state index contributed by atoms with van der Waals surface area (Å²) in [6.45, 7) is 0. The number of nitrogens with zero attached hydrogens (tertiary/aromatic N) is 1. The number of amides is 1. The number of benzene rings is 2. The summed E-state index contributed by atoms with van der Waals surface area (Å²) in [5, 5.41) is 24.0. The summed E-state index contributed by atoms with van der Waals surface area (Å²) in [6, 6.07) is 11.4. The molecule has 0 radical (unpaired) electrons. The zero-order valence-electron chi connectivity index (χ0n) is 11.3. The van der Waals surface area contributed by atoms with Gasteiger partial charge in [-0.3, -0.25) is 14.9 Å². The van der Waals surface area contributed by atoms with Crippen molar-refractivity contribution in [2.24, 2.45) is 0 Å². The molecular formula is C15H11N2O5-. The second-order valence-electron chi connectivity index (χ2n) is 4.48. The van der Waals surface area contributed by atoms with E-state index in [0.717, 1.165) is 0 Å². The lowest BCUT2D eigenvalue weighted by atomic mass is 10.1. The maximum atomic E-state index is 11.9. The van der Waals surface area contributed by atoms with Crippen molar-refractivity contribution in [1.29, 1.82) is 0 Å². The molecule has 112 valence electrons. The van der Waals surface area contributed by atoms with Crippen LogP contribution >= 0.6 is 0 Å². The molecule has 1 N–H and O–H groups in total. The maximum Gasteiger partial charge on any atom is 0.273 e. The van der Waals surface area contributed by atoms with Crippen molar-refractivity contribution >= 4 is 23.3 Å². The normalized spacial score (nSPS) is 10.0. The Balaban J connectivity index is 2.07. The largest absolute Gasteiger partial charge is 0.545 e. The van der Waals surface area contributed by atoms with Crippen molar-refractivity contribution in [3.8, 4) is 0 Å². The highest BCUT2D eigenvalue weighted by Gasteiger charge is 2.15. The van der Waals surface area contributed by atoms with Gasteiger partial charge < -0.3 is 15.2 Å².